The fourth-order valence-electron chi connectivity index (χ4n) is 0.856. The monoisotopic (exact) mass is 287 g/mol. The summed E-state index contributed by atoms with van der Waals surface area (Å²) in [5, 5.41) is 0.205. The summed E-state index contributed by atoms with van der Waals surface area (Å²) in [6.45, 7) is 11.1. The average Bonchev–Trinajstić information content (AvgIpc) is 2.00. The first-order chi connectivity index (χ1) is 6.72. The summed E-state index contributed by atoms with van der Waals surface area (Å²) in [5.74, 6) is 0.718. The minimum absolute atomic E-state index is 0.205. The summed E-state index contributed by atoms with van der Waals surface area (Å²) in [4.78, 5) is 4.22. The Balaban J connectivity index is 2.87. The van der Waals surface area contributed by atoms with Crippen LogP contribution < -0.4 is 4.43 Å². The van der Waals surface area contributed by atoms with Gasteiger partial charge in [-0.2, -0.15) is 0 Å². The number of nitrogens with zero attached hydrogens (tertiary/aromatic N) is 1. The standard InChI is InChI=1S/C11H18BrNOSi/c1-11(2,3)15(4,5)14-10-8-9(12)6-7-13-10/h6-8H,1-5H3. The second-order valence-corrected chi connectivity index (χ2v) is 10.8. The molecule has 0 aliphatic carbocycles. The van der Waals surface area contributed by atoms with Crippen LogP contribution in [0.4, 0.5) is 0 Å². The Morgan fingerprint density at radius 2 is 1.93 bits per heavy atom. The Hall–Kier alpha value is -0.353. The number of hydrogen-bond donors (Lipinski definition) is 0. The normalized spacial score (nSPS) is 12.7. The zero-order valence-electron chi connectivity index (χ0n) is 9.97. The van der Waals surface area contributed by atoms with Crippen molar-refractivity contribution in [3.05, 3.63) is 22.8 Å². The highest BCUT2D eigenvalue weighted by Crippen LogP contribution is 2.37. The molecule has 1 aromatic heterocycles. The van der Waals surface area contributed by atoms with Gasteiger partial charge in [0.25, 0.3) is 8.32 Å². The maximum atomic E-state index is 6.04. The van der Waals surface area contributed by atoms with E-state index in [0.29, 0.717) is 0 Å². The van der Waals surface area contributed by atoms with Crippen molar-refractivity contribution < 1.29 is 4.43 Å². The van der Waals surface area contributed by atoms with Crippen molar-refractivity contribution in [2.24, 2.45) is 0 Å². The number of halogens is 1. The highest BCUT2D eigenvalue weighted by Gasteiger charge is 2.39. The molecule has 0 bridgehead atoms. The molecule has 0 amide bonds. The molecule has 0 aliphatic heterocycles. The fourth-order valence-corrected chi connectivity index (χ4v) is 2.11. The lowest BCUT2D eigenvalue weighted by Gasteiger charge is -2.35. The quantitative estimate of drug-likeness (QED) is 0.760. The molecule has 0 unspecified atom stereocenters. The lowest BCUT2D eigenvalue weighted by Crippen LogP contribution is -2.44. The molecule has 0 aromatic carbocycles. The molecule has 84 valence electrons. The molecule has 0 N–H and O–H groups in total. The zero-order valence-corrected chi connectivity index (χ0v) is 12.6. The van der Waals surface area contributed by atoms with Crippen molar-refractivity contribution in [3.8, 4) is 5.88 Å². The molecule has 1 heterocycles. The van der Waals surface area contributed by atoms with Crippen LogP contribution in [-0.4, -0.2) is 13.3 Å². The van der Waals surface area contributed by atoms with E-state index in [1.807, 2.05) is 12.1 Å². The maximum Gasteiger partial charge on any atom is 0.252 e. The van der Waals surface area contributed by atoms with Crippen LogP contribution in [0.15, 0.2) is 22.8 Å². The van der Waals surface area contributed by atoms with Gasteiger partial charge in [0.05, 0.1) is 0 Å². The average molecular weight is 288 g/mol. The number of rotatable bonds is 2. The highest BCUT2D eigenvalue weighted by atomic mass is 79.9. The van der Waals surface area contributed by atoms with Crippen LogP contribution in [0.25, 0.3) is 0 Å². The summed E-state index contributed by atoms with van der Waals surface area (Å²) in [7, 11) is -1.75. The van der Waals surface area contributed by atoms with E-state index in [1.165, 1.54) is 0 Å². The van der Waals surface area contributed by atoms with Gasteiger partial charge in [0.1, 0.15) is 0 Å². The zero-order chi connectivity index (χ0) is 11.7. The van der Waals surface area contributed by atoms with Gasteiger partial charge < -0.3 is 4.43 Å². The van der Waals surface area contributed by atoms with Gasteiger partial charge >= 0.3 is 0 Å². The molecule has 0 radical (unpaired) electrons. The van der Waals surface area contributed by atoms with Gasteiger partial charge in [-0.3, -0.25) is 0 Å². The Kier molecular flexibility index (Phi) is 3.61. The Labute approximate surface area is 101 Å². The Morgan fingerprint density at radius 1 is 1.33 bits per heavy atom. The van der Waals surface area contributed by atoms with Gasteiger partial charge in [-0.1, -0.05) is 36.7 Å². The molecule has 0 saturated heterocycles. The van der Waals surface area contributed by atoms with Gasteiger partial charge in [-0.05, 0) is 24.2 Å². The number of hydrogen-bond acceptors (Lipinski definition) is 2. The Morgan fingerprint density at radius 3 is 2.40 bits per heavy atom. The SMILES string of the molecule is CC(C)(C)[Si](C)(C)Oc1cc(Br)ccn1. The van der Waals surface area contributed by atoms with E-state index in [2.05, 4.69) is 54.8 Å². The van der Waals surface area contributed by atoms with E-state index in [1.54, 1.807) is 6.20 Å². The summed E-state index contributed by atoms with van der Waals surface area (Å²) < 4.78 is 7.05. The lowest BCUT2D eigenvalue weighted by atomic mass is 10.2. The van der Waals surface area contributed by atoms with Crippen LogP contribution in [0.3, 0.4) is 0 Å². The van der Waals surface area contributed by atoms with Gasteiger partial charge in [0.15, 0.2) is 0 Å². The third-order valence-electron chi connectivity index (χ3n) is 2.86. The molecular formula is C11H18BrNOSi. The molecule has 0 atom stereocenters. The predicted molar refractivity (Wildman–Crippen MR) is 69.8 cm³/mol. The molecule has 0 spiro atoms. The minimum Gasteiger partial charge on any atom is -0.531 e. The minimum atomic E-state index is -1.75. The second kappa shape index (κ2) is 4.26. The second-order valence-electron chi connectivity index (χ2n) is 5.17. The van der Waals surface area contributed by atoms with Gasteiger partial charge in [-0.25, -0.2) is 4.98 Å². The summed E-state index contributed by atoms with van der Waals surface area (Å²) >= 11 is 3.42. The third kappa shape index (κ3) is 3.31. The molecule has 0 aliphatic rings. The third-order valence-corrected chi connectivity index (χ3v) is 7.69. The molecule has 4 heteroatoms. The Bertz CT molecular complexity index is 347. The van der Waals surface area contributed by atoms with Gasteiger partial charge in [0.2, 0.25) is 5.88 Å². The van der Waals surface area contributed by atoms with E-state index >= 15 is 0 Å². The highest BCUT2D eigenvalue weighted by molar-refractivity contribution is 9.10. The van der Waals surface area contributed by atoms with Crippen molar-refractivity contribution in [1.82, 2.24) is 4.98 Å². The summed E-state index contributed by atoms with van der Waals surface area (Å²) in [5.41, 5.74) is 0. The molecule has 0 saturated carbocycles. The fraction of sp³-hybridized carbons (Fsp3) is 0.545. The van der Waals surface area contributed by atoms with E-state index in [4.69, 9.17) is 4.43 Å². The maximum absolute atomic E-state index is 6.04. The van der Waals surface area contributed by atoms with E-state index in [-0.39, 0.29) is 5.04 Å². The van der Waals surface area contributed by atoms with E-state index < -0.39 is 8.32 Å². The van der Waals surface area contributed by atoms with Crippen molar-refractivity contribution in [1.29, 1.82) is 0 Å². The van der Waals surface area contributed by atoms with Crippen LogP contribution in [0.2, 0.25) is 18.1 Å². The van der Waals surface area contributed by atoms with Gasteiger partial charge in [0, 0.05) is 16.7 Å². The van der Waals surface area contributed by atoms with Crippen molar-refractivity contribution in [3.63, 3.8) is 0 Å². The molecule has 1 rings (SSSR count). The van der Waals surface area contributed by atoms with Crippen molar-refractivity contribution in [2.45, 2.75) is 38.9 Å². The summed E-state index contributed by atoms with van der Waals surface area (Å²) in [6.07, 6.45) is 1.76. The molecule has 1 aromatic rings. The van der Waals surface area contributed by atoms with Crippen LogP contribution in [-0.2, 0) is 0 Å². The first-order valence-electron chi connectivity index (χ1n) is 5.03. The topological polar surface area (TPSA) is 22.1 Å². The van der Waals surface area contributed by atoms with Crippen LogP contribution in [0.5, 0.6) is 5.88 Å². The van der Waals surface area contributed by atoms with E-state index in [0.717, 1.165) is 10.4 Å². The molecule has 0 fully saturated rings. The molecule has 2 nitrogen and oxygen atoms in total. The number of pyridine rings is 1. The van der Waals surface area contributed by atoms with Crippen LogP contribution in [0, 0.1) is 0 Å². The first-order valence-corrected chi connectivity index (χ1v) is 8.73. The molecular weight excluding hydrogens is 270 g/mol. The van der Waals surface area contributed by atoms with Gasteiger partial charge in [-0.15, -0.1) is 0 Å². The van der Waals surface area contributed by atoms with Crippen molar-refractivity contribution >= 4 is 24.2 Å². The first kappa shape index (κ1) is 12.7. The van der Waals surface area contributed by atoms with Crippen LogP contribution >= 0.6 is 15.9 Å². The van der Waals surface area contributed by atoms with Crippen LogP contribution in [0.1, 0.15) is 20.8 Å². The summed E-state index contributed by atoms with van der Waals surface area (Å²) in [6, 6.07) is 3.82. The van der Waals surface area contributed by atoms with E-state index in [9.17, 15) is 0 Å². The molecule has 15 heavy (non-hydrogen) atoms. The largest absolute Gasteiger partial charge is 0.531 e. The van der Waals surface area contributed by atoms with Crippen molar-refractivity contribution in [2.75, 3.05) is 0 Å². The smallest absolute Gasteiger partial charge is 0.252 e. The predicted octanol–water partition coefficient (Wildman–Crippen LogP) is 4.23. The lowest BCUT2D eigenvalue weighted by molar-refractivity contribution is 0.476. The number of aromatic nitrogens is 1.